The van der Waals surface area contributed by atoms with Gasteiger partial charge in [0.1, 0.15) is 6.73 Å². The van der Waals surface area contributed by atoms with Crippen LogP contribution in [0.4, 0.5) is 0 Å². The van der Waals surface area contributed by atoms with Crippen molar-refractivity contribution >= 4 is 5.91 Å². The number of rotatable bonds is 5. The maximum atomic E-state index is 10.7. The van der Waals surface area contributed by atoms with Gasteiger partial charge in [-0.05, 0) is 6.42 Å². The van der Waals surface area contributed by atoms with E-state index >= 15 is 0 Å². The molecule has 0 aromatic rings. The van der Waals surface area contributed by atoms with Crippen molar-refractivity contribution in [3.05, 3.63) is 12.7 Å². The van der Waals surface area contributed by atoms with E-state index in [4.69, 9.17) is 0 Å². The number of ether oxygens (including phenoxy) is 1. The van der Waals surface area contributed by atoms with E-state index in [0.29, 0.717) is 6.42 Å². The molecule has 0 rings (SSSR count). The molecule has 0 spiro atoms. The molecule has 0 saturated heterocycles. The third-order valence-electron chi connectivity index (χ3n) is 0.989. The molecule has 0 bridgehead atoms. The summed E-state index contributed by atoms with van der Waals surface area (Å²) in [5, 5.41) is 2.56. The van der Waals surface area contributed by atoms with E-state index in [9.17, 15) is 4.79 Å². The van der Waals surface area contributed by atoms with Crippen molar-refractivity contribution in [1.82, 2.24) is 5.32 Å². The second-order valence-electron chi connectivity index (χ2n) is 1.86. The fourth-order valence-corrected chi connectivity index (χ4v) is 0.474. The van der Waals surface area contributed by atoms with Crippen molar-refractivity contribution in [2.75, 3.05) is 13.8 Å². The minimum Gasteiger partial charge on any atom is -0.364 e. The van der Waals surface area contributed by atoms with Crippen LogP contribution in [-0.4, -0.2) is 19.7 Å². The van der Waals surface area contributed by atoms with E-state index in [1.165, 1.54) is 7.11 Å². The zero-order valence-corrected chi connectivity index (χ0v) is 6.22. The Labute approximate surface area is 61.1 Å². The molecule has 0 radical (unpaired) electrons. The normalized spacial score (nSPS) is 8.90. The molecule has 0 fully saturated rings. The molecular weight excluding hydrogens is 130 g/mol. The molecule has 0 aliphatic rings. The minimum atomic E-state index is 0.00162. The summed E-state index contributed by atoms with van der Waals surface area (Å²) in [6.07, 6.45) is 2.93. The quantitative estimate of drug-likeness (QED) is 0.454. The van der Waals surface area contributed by atoms with Crippen LogP contribution in [0, 0.1) is 0 Å². The number of allylic oxidation sites excluding steroid dienone is 1. The highest BCUT2D eigenvalue weighted by molar-refractivity contribution is 5.75. The van der Waals surface area contributed by atoms with Crippen LogP contribution in [0.1, 0.15) is 12.8 Å². The highest BCUT2D eigenvalue weighted by Crippen LogP contribution is 1.87. The first-order valence-corrected chi connectivity index (χ1v) is 3.17. The smallest absolute Gasteiger partial charge is 0.222 e. The number of nitrogens with one attached hydrogen (secondary N) is 1. The Balaban J connectivity index is 3.16. The Hall–Kier alpha value is -0.830. The molecule has 1 amide bonds. The lowest BCUT2D eigenvalue weighted by atomic mass is 10.3. The fraction of sp³-hybridized carbons (Fsp3) is 0.571. The summed E-state index contributed by atoms with van der Waals surface area (Å²) in [6.45, 7) is 3.79. The Morgan fingerprint density at radius 2 is 2.50 bits per heavy atom. The molecule has 3 heteroatoms. The summed E-state index contributed by atoms with van der Waals surface area (Å²) in [5.41, 5.74) is 0. The Bertz CT molecular complexity index is 112. The van der Waals surface area contributed by atoms with Crippen molar-refractivity contribution in [3.63, 3.8) is 0 Å². The van der Waals surface area contributed by atoms with Gasteiger partial charge < -0.3 is 10.1 Å². The average molecular weight is 143 g/mol. The third-order valence-corrected chi connectivity index (χ3v) is 0.989. The van der Waals surface area contributed by atoms with E-state index in [1.807, 2.05) is 0 Å². The first-order chi connectivity index (χ1) is 4.81. The number of methoxy groups -OCH3 is 1. The Morgan fingerprint density at radius 3 is 3.00 bits per heavy atom. The number of carbonyl (C=O) groups excluding carboxylic acids is 1. The molecule has 0 saturated carbocycles. The lowest BCUT2D eigenvalue weighted by Gasteiger charge is -2.00. The predicted molar refractivity (Wildman–Crippen MR) is 39.4 cm³/mol. The third kappa shape index (κ3) is 5.31. The minimum absolute atomic E-state index is 0.00162. The summed E-state index contributed by atoms with van der Waals surface area (Å²) < 4.78 is 4.63. The van der Waals surface area contributed by atoms with Gasteiger partial charge in [-0.3, -0.25) is 4.79 Å². The molecule has 10 heavy (non-hydrogen) atoms. The van der Waals surface area contributed by atoms with Crippen LogP contribution >= 0.6 is 0 Å². The fourth-order valence-electron chi connectivity index (χ4n) is 0.474. The maximum absolute atomic E-state index is 10.7. The van der Waals surface area contributed by atoms with Crippen LogP contribution in [0.2, 0.25) is 0 Å². The molecule has 0 heterocycles. The molecule has 3 nitrogen and oxygen atoms in total. The number of hydrogen-bond donors (Lipinski definition) is 1. The molecule has 0 aliphatic carbocycles. The topological polar surface area (TPSA) is 38.3 Å². The molecular formula is C7H13NO2. The molecule has 0 aromatic heterocycles. The first kappa shape index (κ1) is 9.17. The standard InChI is InChI=1S/C7H13NO2/c1-3-4-5-7(9)8-6-10-2/h3H,1,4-6H2,2H3,(H,8,9). The van der Waals surface area contributed by atoms with Crippen LogP contribution < -0.4 is 5.32 Å². The lowest BCUT2D eigenvalue weighted by Crippen LogP contribution is -2.24. The molecule has 0 aromatic carbocycles. The van der Waals surface area contributed by atoms with Gasteiger partial charge in [0.2, 0.25) is 5.91 Å². The number of carbonyl (C=O) groups is 1. The lowest BCUT2D eigenvalue weighted by molar-refractivity contribution is -0.122. The summed E-state index contributed by atoms with van der Waals surface area (Å²) in [6, 6.07) is 0. The van der Waals surface area contributed by atoms with E-state index in [2.05, 4.69) is 16.6 Å². The van der Waals surface area contributed by atoms with Crippen LogP contribution in [0.15, 0.2) is 12.7 Å². The van der Waals surface area contributed by atoms with Crippen LogP contribution in [-0.2, 0) is 9.53 Å². The summed E-state index contributed by atoms with van der Waals surface area (Å²) in [4.78, 5) is 10.7. The average Bonchev–Trinajstić information content (AvgIpc) is 1.97. The Morgan fingerprint density at radius 1 is 1.80 bits per heavy atom. The largest absolute Gasteiger partial charge is 0.364 e. The molecule has 0 unspecified atom stereocenters. The van der Waals surface area contributed by atoms with Gasteiger partial charge in [0, 0.05) is 13.5 Å². The van der Waals surface area contributed by atoms with Gasteiger partial charge in [-0.2, -0.15) is 0 Å². The highest BCUT2D eigenvalue weighted by Gasteiger charge is 1.95. The number of hydrogen-bond acceptors (Lipinski definition) is 2. The molecule has 0 aliphatic heterocycles. The van der Waals surface area contributed by atoms with Crippen molar-refractivity contribution in [2.24, 2.45) is 0 Å². The SMILES string of the molecule is C=CCCC(=O)NCOC. The van der Waals surface area contributed by atoms with E-state index in [-0.39, 0.29) is 12.6 Å². The Kier molecular flexibility index (Phi) is 5.77. The zero-order valence-electron chi connectivity index (χ0n) is 6.22. The molecule has 58 valence electrons. The van der Waals surface area contributed by atoms with E-state index < -0.39 is 0 Å². The predicted octanol–water partition coefficient (Wildman–Crippen LogP) is 0.673. The van der Waals surface area contributed by atoms with Gasteiger partial charge in [0.15, 0.2) is 0 Å². The second-order valence-corrected chi connectivity index (χ2v) is 1.86. The van der Waals surface area contributed by atoms with Crippen molar-refractivity contribution < 1.29 is 9.53 Å². The van der Waals surface area contributed by atoms with Crippen LogP contribution in [0.25, 0.3) is 0 Å². The van der Waals surface area contributed by atoms with Gasteiger partial charge in [-0.25, -0.2) is 0 Å². The number of amides is 1. The molecule has 1 N–H and O–H groups in total. The van der Waals surface area contributed by atoms with E-state index in [1.54, 1.807) is 6.08 Å². The summed E-state index contributed by atoms with van der Waals surface area (Å²) in [5.74, 6) is 0.00162. The maximum Gasteiger partial charge on any atom is 0.222 e. The second kappa shape index (κ2) is 6.29. The van der Waals surface area contributed by atoms with E-state index in [0.717, 1.165) is 6.42 Å². The van der Waals surface area contributed by atoms with Crippen LogP contribution in [0.5, 0.6) is 0 Å². The summed E-state index contributed by atoms with van der Waals surface area (Å²) in [7, 11) is 1.54. The van der Waals surface area contributed by atoms with Crippen LogP contribution in [0.3, 0.4) is 0 Å². The van der Waals surface area contributed by atoms with Gasteiger partial charge >= 0.3 is 0 Å². The van der Waals surface area contributed by atoms with Crippen molar-refractivity contribution in [2.45, 2.75) is 12.8 Å². The zero-order chi connectivity index (χ0) is 7.82. The highest BCUT2D eigenvalue weighted by atomic mass is 16.5. The van der Waals surface area contributed by atoms with Gasteiger partial charge in [0.25, 0.3) is 0 Å². The van der Waals surface area contributed by atoms with Crippen molar-refractivity contribution in [3.8, 4) is 0 Å². The first-order valence-electron chi connectivity index (χ1n) is 3.17. The summed E-state index contributed by atoms with van der Waals surface area (Å²) >= 11 is 0. The van der Waals surface area contributed by atoms with Gasteiger partial charge in [-0.1, -0.05) is 6.08 Å². The van der Waals surface area contributed by atoms with Gasteiger partial charge in [0.05, 0.1) is 0 Å². The van der Waals surface area contributed by atoms with Gasteiger partial charge in [-0.15, -0.1) is 6.58 Å². The monoisotopic (exact) mass is 143 g/mol. The molecule has 0 atom stereocenters. The van der Waals surface area contributed by atoms with Crippen molar-refractivity contribution in [1.29, 1.82) is 0 Å².